The molecule has 1 aromatic heterocycles. The Hall–Kier alpha value is -4.81. The number of carbonyl (C=O) groups is 4. The number of anilines is 2. The maximum absolute atomic E-state index is 13.3. The van der Waals surface area contributed by atoms with E-state index in [9.17, 15) is 19.2 Å². The van der Waals surface area contributed by atoms with Gasteiger partial charge in [-0.25, -0.2) is 4.98 Å². The second-order valence-electron chi connectivity index (χ2n) is 15.3. The standard InChI is InChI=1S/C44H58N6O6/c1-5-50(35-17-25-55-26-18-35)39-28-34(27-31(2)32(39)3)33-13-15-41(45-29-33)49-22-20-48(21-23-49)19-8-6-7-9-24-56-40-12-10-11-36(37(40)30-51)44(54)47(4)38-14-16-42(52)46-43(38)53/h10-13,15,27-30,35,38H,5-9,14,16-26H2,1-4H3,(H,46,52,53). The summed E-state index contributed by atoms with van der Waals surface area (Å²) in [7, 11) is 1.51. The smallest absolute Gasteiger partial charge is 0.255 e. The first-order valence-electron chi connectivity index (χ1n) is 20.4. The van der Waals surface area contributed by atoms with Gasteiger partial charge in [-0.2, -0.15) is 0 Å². The Labute approximate surface area is 331 Å². The zero-order valence-electron chi connectivity index (χ0n) is 33.6. The van der Waals surface area contributed by atoms with Gasteiger partial charge in [0.15, 0.2) is 6.29 Å². The maximum atomic E-state index is 13.3. The van der Waals surface area contributed by atoms with Crippen LogP contribution in [0.2, 0.25) is 0 Å². The molecule has 6 rings (SSSR count). The normalized spacial score (nSPS) is 18.1. The van der Waals surface area contributed by atoms with E-state index in [0.29, 0.717) is 24.7 Å². The summed E-state index contributed by atoms with van der Waals surface area (Å²) < 4.78 is 11.6. The Morgan fingerprint density at radius 1 is 0.982 bits per heavy atom. The van der Waals surface area contributed by atoms with Crippen LogP contribution in [0.1, 0.15) is 90.1 Å². The van der Waals surface area contributed by atoms with Gasteiger partial charge in [0.1, 0.15) is 17.6 Å². The van der Waals surface area contributed by atoms with Crippen LogP contribution < -0.4 is 19.9 Å². The topological polar surface area (TPSA) is 125 Å². The number of amides is 3. The molecular formula is C44H58N6O6. The van der Waals surface area contributed by atoms with Crippen LogP contribution in [0, 0.1) is 13.8 Å². The van der Waals surface area contributed by atoms with Crippen LogP contribution in [0.5, 0.6) is 5.75 Å². The van der Waals surface area contributed by atoms with Crippen molar-refractivity contribution in [1.29, 1.82) is 0 Å². The van der Waals surface area contributed by atoms with E-state index in [-0.39, 0.29) is 29.9 Å². The Morgan fingerprint density at radius 3 is 2.45 bits per heavy atom. The summed E-state index contributed by atoms with van der Waals surface area (Å²) in [6.07, 6.45) is 9.21. The minimum Gasteiger partial charge on any atom is -0.493 e. The number of piperazine rings is 1. The van der Waals surface area contributed by atoms with E-state index in [0.717, 1.165) is 102 Å². The summed E-state index contributed by atoms with van der Waals surface area (Å²) in [5, 5.41) is 2.28. The van der Waals surface area contributed by atoms with Crippen LogP contribution in [0.25, 0.3) is 11.1 Å². The molecule has 2 aromatic carbocycles. The number of aromatic nitrogens is 1. The quantitative estimate of drug-likeness (QED) is 0.108. The van der Waals surface area contributed by atoms with Crippen molar-refractivity contribution in [3.8, 4) is 16.9 Å². The first-order chi connectivity index (χ1) is 27.2. The number of carbonyl (C=O) groups excluding carboxylic acids is 4. The van der Waals surface area contributed by atoms with Crippen molar-refractivity contribution in [1.82, 2.24) is 20.1 Å². The van der Waals surface area contributed by atoms with Gasteiger partial charge < -0.3 is 24.2 Å². The predicted molar refractivity (Wildman–Crippen MR) is 219 cm³/mol. The summed E-state index contributed by atoms with van der Waals surface area (Å²) in [5.74, 6) is 0.0646. The number of ether oxygens (including phenoxy) is 2. The van der Waals surface area contributed by atoms with Crippen molar-refractivity contribution in [3.63, 3.8) is 0 Å². The number of nitrogens with zero attached hydrogens (tertiary/aromatic N) is 5. The molecule has 3 aliphatic heterocycles. The number of likely N-dealkylation sites (N-methyl/N-ethyl adjacent to an activating group) is 1. The molecule has 3 aromatic rings. The minimum atomic E-state index is -0.772. The first-order valence-corrected chi connectivity index (χ1v) is 20.4. The number of nitrogens with one attached hydrogen (secondary N) is 1. The number of hydrogen-bond acceptors (Lipinski definition) is 10. The number of benzene rings is 2. The monoisotopic (exact) mass is 766 g/mol. The molecule has 3 amide bonds. The van der Waals surface area contributed by atoms with Crippen LogP contribution in [-0.4, -0.2) is 117 Å². The third-order valence-corrected chi connectivity index (χ3v) is 11.7. The zero-order chi connectivity index (χ0) is 39.6. The summed E-state index contributed by atoms with van der Waals surface area (Å²) in [4.78, 5) is 62.9. The lowest BCUT2D eigenvalue weighted by atomic mass is 9.97. The van der Waals surface area contributed by atoms with Crippen molar-refractivity contribution < 1.29 is 28.7 Å². The van der Waals surface area contributed by atoms with Gasteiger partial charge in [0, 0.05) is 82.9 Å². The number of pyridine rings is 1. The number of unbranched alkanes of at least 4 members (excludes halogenated alkanes) is 3. The third kappa shape index (κ3) is 9.76. The molecule has 0 radical (unpaired) electrons. The molecule has 0 saturated carbocycles. The lowest BCUT2D eigenvalue weighted by molar-refractivity contribution is -0.136. The Bertz CT molecular complexity index is 1840. The van der Waals surface area contributed by atoms with Crippen LogP contribution in [0.15, 0.2) is 48.7 Å². The largest absolute Gasteiger partial charge is 0.493 e. The van der Waals surface area contributed by atoms with Crippen molar-refractivity contribution in [2.45, 2.75) is 84.2 Å². The third-order valence-electron chi connectivity index (χ3n) is 11.7. The molecule has 300 valence electrons. The summed E-state index contributed by atoms with van der Waals surface area (Å²) in [6.45, 7) is 14.8. The fourth-order valence-corrected chi connectivity index (χ4v) is 8.21. The van der Waals surface area contributed by atoms with Gasteiger partial charge >= 0.3 is 0 Å². The van der Waals surface area contributed by atoms with Gasteiger partial charge in [0.25, 0.3) is 5.91 Å². The molecule has 0 bridgehead atoms. The second kappa shape index (κ2) is 19.4. The molecule has 3 saturated heterocycles. The van der Waals surface area contributed by atoms with E-state index in [1.165, 1.54) is 34.3 Å². The van der Waals surface area contributed by atoms with Gasteiger partial charge in [-0.1, -0.05) is 25.0 Å². The lowest BCUT2D eigenvalue weighted by Crippen LogP contribution is -2.53. The van der Waals surface area contributed by atoms with E-state index in [1.54, 1.807) is 18.2 Å². The first kappa shape index (κ1) is 40.8. The van der Waals surface area contributed by atoms with Crippen molar-refractivity contribution in [3.05, 3.63) is 70.9 Å². The van der Waals surface area contributed by atoms with Crippen LogP contribution >= 0.6 is 0 Å². The molecule has 1 unspecified atom stereocenters. The number of rotatable bonds is 16. The van der Waals surface area contributed by atoms with Gasteiger partial charge in [-0.05, 0) is 106 Å². The SMILES string of the molecule is CCN(c1cc(-c2ccc(N3CCN(CCCCCCOc4cccc(C(=O)N(C)C5CCC(=O)NC5=O)c4C=O)CC3)nc2)cc(C)c1C)C1CCOCC1. The molecule has 3 fully saturated rings. The fraction of sp³-hybridized carbons (Fsp3) is 0.523. The lowest BCUT2D eigenvalue weighted by Gasteiger charge is -2.37. The number of piperidine rings is 1. The molecule has 12 heteroatoms. The predicted octanol–water partition coefficient (Wildman–Crippen LogP) is 5.82. The average Bonchev–Trinajstić information content (AvgIpc) is 3.22. The Morgan fingerprint density at radius 2 is 1.75 bits per heavy atom. The van der Waals surface area contributed by atoms with Gasteiger partial charge in [-0.15, -0.1) is 0 Å². The zero-order valence-corrected chi connectivity index (χ0v) is 33.6. The van der Waals surface area contributed by atoms with Crippen LogP contribution in [-0.2, 0) is 14.3 Å². The summed E-state index contributed by atoms with van der Waals surface area (Å²) >= 11 is 0. The summed E-state index contributed by atoms with van der Waals surface area (Å²) in [5.41, 5.74) is 6.68. The highest BCUT2D eigenvalue weighted by atomic mass is 16.5. The van der Waals surface area contributed by atoms with Gasteiger partial charge in [0.2, 0.25) is 11.8 Å². The molecule has 1 atom stereocenters. The minimum absolute atomic E-state index is 0.161. The van der Waals surface area contributed by atoms with Crippen molar-refractivity contribution >= 4 is 35.5 Å². The number of hydrogen-bond donors (Lipinski definition) is 1. The Balaban J connectivity index is 0.915. The fourth-order valence-electron chi connectivity index (χ4n) is 8.21. The van der Waals surface area contributed by atoms with E-state index in [4.69, 9.17) is 14.5 Å². The molecule has 4 heterocycles. The molecule has 0 spiro atoms. The van der Waals surface area contributed by atoms with Crippen LogP contribution in [0.4, 0.5) is 11.5 Å². The Kier molecular flexibility index (Phi) is 14.1. The highest BCUT2D eigenvalue weighted by Gasteiger charge is 2.33. The average molecular weight is 767 g/mol. The number of imide groups is 1. The van der Waals surface area contributed by atoms with Crippen LogP contribution in [0.3, 0.4) is 0 Å². The number of aryl methyl sites for hydroxylation is 1. The molecular weight excluding hydrogens is 709 g/mol. The molecule has 56 heavy (non-hydrogen) atoms. The molecule has 0 aliphatic carbocycles. The maximum Gasteiger partial charge on any atom is 0.255 e. The van der Waals surface area contributed by atoms with E-state index in [1.807, 2.05) is 6.20 Å². The van der Waals surface area contributed by atoms with Crippen molar-refractivity contribution in [2.75, 3.05) is 75.9 Å². The van der Waals surface area contributed by atoms with E-state index < -0.39 is 17.9 Å². The van der Waals surface area contributed by atoms with Crippen molar-refractivity contribution in [2.24, 2.45) is 0 Å². The number of aldehydes is 1. The molecule has 1 N–H and O–H groups in total. The summed E-state index contributed by atoms with van der Waals surface area (Å²) in [6, 6.07) is 13.7. The van der Waals surface area contributed by atoms with E-state index in [2.05, 4.69) is 65.1 Å². The van der Waals surface area contributed by atoms with Gasteiger partial charge in [-0.3, -0.25) is 29.4 Å². The van der Waals surface area contributed by atoms with E-state index >= 15 is 0 Å². The highest BCUT2D eigenvalue weighted by Crippen LogP contribution is 2.34. The molecule has 3 aliphatic rings. The second-order valence-corrected chi connectivity index (χ2v) is 15.3. The highest BCUT2D eigenvalue weighted by molar-refractivity contribution is 6.06. The molecule has 12 nitrogen and oxygen atoms in total. The van der Waals surface area contributed by atoms with Gasteiger partial charge in [0.05, 0.1) is 17.7 Å².